The van der Waals surface area contributed by atoms with E-state index in [4.69, 9.17) is 5.11 Å². The number of hydrogen-bond acceptors (Lipinski definition) is 2. The van der Waals surface area contributed by atoms with E-state index in [9.17, 15) is 9.59 Å². The molecule has 2 N–H and O–H groups in total. The average molecular weight is 255 g/mol. The van der Waals surface area contributed by atoms with Gasteiger partial charge in [0, 0.05) is 18.9 Å². The highest BCUT2D eigenvalue weighted by Gasteiger charge is 2.68. The Morgan fingerprint density at radius 2 is 1.72 bits per heavy atom. The van der Waals surface area contributed by atoms with Crippen LogP contribution in [0.4, 0.5) is 0 Å². The predicted octanol–water partition coefficient (Wildman–Crippen LogP) is 2.29. The summed E-state index contributed by atoms with van der Waals surface area (Å²) in [7, 11) is 0. The first-order chi connectivity index (χ1) is 8.10. The highest BCUT2D eigenvalue weighted by Crippen LogP contribution is 2.68. The molecule has 1 rings (SSSR count). The van der Waals surface area contributed by atoms with Crippen LogP contribution in [0.1, 0.15) is 47.5 Å². The van der Waals surface area contributed by atoms with E-state index >= 15 is 0 Å². The number of nitrogens with one attached hydrogen (secondary N) is 1. The lowest BCUT2D eigenvalue weighted by atomic mass is 10.0. The molecular formula is C14H25NO3. The van der Waals surface area contributed by atoms with Crippen LogP contribution < -0.4 is 5.32 Å². The van der Waals surface area contributed by atoms with Crippen molar-refractivity contribution in [2.45, 2.75) is 47.5 Å². The predicted molar refractivity (Wildman–Crippen MR) is 70.1 cm³/mol. The smallest absolute Gasteiger partial charge is 0.303 e. The molecule has 0 bridgehead atoms. The fourth-order valence-electron chi connectivity index (χ4n) is 2.70. The number of rotatable bonds is 6. The Morgan fingerprint density at radius 1 is 1.22 bits per heavy atom. The Morgan fingerprint density at radius 3 is 2.11 bits per heavy atom. The summed E-state index contributed by atoms with van der Waals surface area (Å²) in [5.74, 6) is -0.406. The van der Waals surface area contributed by atoms with Crippen LogP contribution in [0.25, 0.3) is 0 Å². The summed E-state index contributed by atoms with van der Waals surface area (Å²) in [4.78, 5) is 22.5. The van der Waals surface area contributed by atoms with Gasteiger partial charge in [0.1, 0.15) is 0 Å². The zero-order valence-corrected chi connectivity index (χ0v) is 12.0. The van der Waals surface area contributed by atoms with Crippen LogP contribution in [0, 0.1) is 22.7 Å². The number of amides is 1. The molecule has 0 radical (unpaired) electrons. The van der Waals surface area contributed by atoms with Gasteiger partial charge in [-0.25, -0.2) is 0 Å². The molecule has 18 heavy (non-hydrogen) atoms. The Hall–Kier alpha value is -1.06. The van der Waals surface area contributed by atoms with Crippen molar-refractivity contribution in [3.05, 3.63) is 0 Å². The van der Waals surface area contributed by atoms with Gasteiger partial charge in [0.15, 0.2) is 0 Å². The van der Waals surface area contributed by atoms with Crippen molar-refractivity contribution in [1.29, 1.82) is 0 Å². The number of aliphatic carboxylic acids is 1. The van der Waals surface area contributed by atoms with Crippen molar-refractivity contribution in [3.8, 4) is 0 Å². The molecular weight excluding hydrogens is 230 g/mol. The molecule has 1 unspecified atom stereocenters. The summed E-state index contributed by atoms with van der Waals surface area (Å²) in [5, 5.41) is 11.5. The first-order valence-electron chi connectivity index (χ1n) is 6.60. The lowest BCUT2D eigenvalue weighted by molar-refractivity contribution is -0.137. The van der Waals surface area contributed by atoms with Crippen molar-refractivity contribution >= 4 is 11.9 Å². The van der Waals surface area contributed by atoms with Gasteiger partial charge in [-0.2, -0.15) is 0 Å². The topological polar surface area (TPSA) is 66.4 Å². The molecule has 1 saturated carbocycles. The largest absolute Gasteiger partial charge is 0.481 e. The standard InChI is InChI=1S/C14H25NO3/c1-9(6-7-10(16)17)8-15-12(18)11-13(2,3)14(11,4)5/h9,11H,6-8H2,1-5H3,(H,15,18)(H,16,17). The molecule has 4 nitrogen and oxygen atoms in total. The number of hydrogen-bond donors (Lipinski definition) is 2. The summed E-state index contributed by atoms with van der Waals surface area (Å²) in [6.45, 7) is 11.0. The van der Waals surface area contributed by atoms with Crippen LogP contribution in [0.3, 0.4) is 0 Å². The first kappa shape index (κ1) is 15.0. The van der Waals surface area contributed by atoms with Crippen LogP contribution in [0.5, 0.6) is 0 Å². The average Bonchev–Trinajstić information content (AvgIpc) is 2.63. The molecule has 0 aliphatic heterocycles. The summed E-state index contributed by atoms with van der Waals surface area (Å²) in [6.07, 6.45) is 0.768. The zero-order chi connectivity index (χ0) is 14.1. The second-order valence-electron chi connectivity index (χ2n) is 6.66. The Bertz CT molecular complexity index is 333. The van der Waals surface area contributed by atoms with E-state index in [1.807, 2.05) is 6.92 Å². The number of carbonyl (C=O) groups excluding carboxylic acids is 1. The lowest BCUT2D eigenvalue weighted by Crippen LogP contribution is -2.31. The maximum absolute atomic E-state index is 12.1. The van der Waals surface area contributed by atoms with Gasteiger partial charge >= 0.3 is 5.97 Å². The van der Waals surface area contributed by atoms with E-state index in [0.29, 0.717) is 13.0 Å². The molecule has 4 heteroatoms. The van der Waals surface area contributed by atoms with Gasteiger partial charge < -0.3 is 10.4 Å². The van der Waals surface area contributed by atoms with Gasteiger partial charge in [-0.15, -0.1) is 0 Å². The highest BCUT2D eigenvalue weighted by molar-refractivity contribution is 5.84. The van der Waals surface area contributed by atoms with E-state index in [-0.39, 0.29) is 35.0 Å². The zero-order valence-electron chi connectivity index (χ0n) is 12.0. The summed E-state index contributed by atoms with van der Waals surface area (Å²) >= 11 is 0. The lowest BCUT2D eigenvalue weighted by Gasteiger charge is -2.12. The van der Waals surface area contributed by atoms with Crippen molar-refractivity contribution in [3.63, 3.8) is 0 Å². The van der Waals surface area contributed by atoms with E-state index in [0.717, 1.165) is 0 Å². The number of carboxylic acid groups (broad SMARTS) is 1. The Kier molecular flexibility index (Phi) is 4.08. The minimum absolute atomic E-state index is 0.0569. The van der Waals surface area contributed by atoms with Gasteiger partial charge in [-0.1, -0.05) is 34.6 Å². The second-order valence-corrected chi connectivity index (χ2v) is 6.66. The van der Waals surface area contributed by atoms with Crippen LogP contribution in [-0.4, -0.2) is 23.5 Å². The molecule has 1 fully saturated rings. The van der Waals surface area contributed by atoms with E-state index in [1.54, 1.807) is 0 Å². The Labute approximate surface area is 109 Å². The molecule has 1 atom stereocenters. The normalized spacial score (nSPS) is 22.3. The van der Waals surface area contributed by atoms with Gasteiger partial charge in [-0.05, 0) is 23.2 Å². The minimum Gasteiger partial charge on any atom is -0.481 e. The van der Waals surface area contributed by atoms with E-state index < -0.39 is 5.97 Å². The van der Waals surface area contributed by atoms with Crippen molar-refractivity contribution in [2.24, 2.45) is 22.7 Å². The fraction of sp³-hybridized carbons (Fsp3) is 0.857. The van der Waals surface area contributed by atoms with Crippen molar-refractivity contribution in [1.82, 2.24) is 5.32 Å². The minimum atomic E-state index is -0.780. The highest BCUT2D eigenvalue weighted by atomic mass is 16.4. The molecule has 104 valence electrons. The SMILES string of the molecule is CC(CCC(=O)O)CNC(=O)C1C(C)(C)C1(C)C. The molecule has 1 aliphatic rings. The first-order valence-corrected chi connectivity index (χ1v) is 6.60. The fourth-order valence-corrected chi connectivity index (χ4v) is 2.70. The third-order valence-electron chi connectivity index (χ3n) is 4.76. The Balaban J connectivity index is 2.33. The summed E-state index contributed by atoms with van der Waals surface area (Å²) < 4.78 is 0. The van der Waals surface area contributed by atoms with Crippen molar-refractivity contribution < 1.29 is 14.7 Å². The molecule has 0 saturated heterocycles. The van der Waals surface area contributed by atoms with Crippen LogP contribution in [0.15, 0.2) is 0 Å². The maximum atomic E-state index is 12.1. The van der Waals surface area contributed by atoms with Gasteiger partial charge in [0.05, 0.1) is 0 Å². The quantitative estimate of drug-likeness (QED) is 0.765. The number of carbonyl (C=O) groups is 2. The molecule has 0 heterocycles. The van der Waals surface area contributed by atoms with Gasteiger partial charge in [0.25, 0.3) is 0 Å². The molecule has 0 aromatic rings. The van der Waals surface area contributed by atoms with Crippen LogP contribution in [0.2, 0.25) is 0 Å². The van der Waals surface area contributed by atoms with E-state index in [2.05, 4.69) is 33.0 Å². The monoisotopic (exact) mass is 255 g/mol. The molecule has 0 aromatic carbocycles. The third kappa shape index (κ3) is 2.85. The molecule has 0 aromatic heterocycles. The van der Waals surface area contributed by atoms with Gasteiger partial charge in [0.2, 0.25) is 5.91 Å². The molecule has 0 spiro atoms. The number of carboxylic acids is 1. The molecule has 1 amide bonds. The van der Waals surface area contributed by atoms with Crippen LogP contribution >= 0.6 is 0 Å². The van der Waals surface area contributed by atoms with Crippen molar-refractivity contribution in [2.75, 3.05) is 6.54 Å². The van der Waals surface area contributed by atoms with Crippen LogP contribution in [-0.2, 0) is 9.59 Å². The van der Waals surface area contributed by atoms with Gasteiger partial charge in [-0.3, -0.25) is 9.59 Å². The van der Waals surface area contributed by atoms with E-state index in [1.165, 1.54) is 0 Å². The summed E-state index contributed by atoms with van der Waals surface area (Å²) in [6, 6.07) is 0. The third-order valence-corrected chi connectivity index (χ3v) is 4.76. The summed E-state index contributed by atoms with van der Waals surface area (Å²) in [5.41, 5.74) is 0.114. The molecule has 1 aliphatic carbocycles. The maximum Gasteiger partial charge on any atom is 0.303 e. The second kappa shape index (κ2) is 4.90.